The molecule has 3 aliphatic rings. The van der Waals surface area contributed by atoms with Crippen molar-refractivity contribution in [1.82, 2.24) is 10.2 Å². The van der Waals surface area contributed by atoms with Gasteiger partial charge in [-0.2, -0.15) is 0 Å². The smallest absolute Gasteiger partial charge is 0.222 e. The van der Waals surface area contributed by atoms with Gasteiger partial charge in [-0.1, -0.05) is 6.92 Å². The van der Waals surface area contributed by atoms with E-state index in [1.807, 2.05) is 6.92 Å². The average molecular weight is 206 g/mol. The molecule has 0 amide bonds. The highest BCUT2D eigenvalue weighted by Crippen LogP contribution is 2.57. The number of rotatable bonds is 1. The zero-order chi connectivity index (χ0) is 10.5. The Morgan fingerprint density at radius 2 is 1.60 bits per heavy atom. The van der Waals surface area contributed by atoms with Crippen LogP contribution >= 0.6 is 0 Å². The number of hydrogen-bond acceptors (Lipinski definition) is 3. The van der Waals surface area contributed by atoms with Gasteiger partial charge in [0.05, 0.1) is 0 Å². The van der Waals surface area contributed by atoms with Crippen molar-refractivity contribution in [2.24, 2.45) is 5.41 Å². The van der Waals surface area contributed by atoms with E-state index in [0.717, 1.165) is 5.89 Å². The molecular weight excluding hydrogens is 188 g/mol. The molecule has 3 fully saturated rings. The van der Waals surface area contributed by atoms with E-state index >= 15 is 0 Å². The highest BCUT2D eigenvalue weighted by Gasteiger charge is 2.49. The fourth-order valence-corrected chi connectivity index (χ4v) is 3.20. The Morgan fingerprint density at radius 3 is 2.07 bits per heavy atom. The first-order valence-electron chi connectivity index (χ1n) is 5.93. The quantitative estimate of drug-likeness (QED) is 0.709. The summed E-state index contributed by atoms with van der Waals surface area (Å²) in [5.41, 5.74) is 0.843. The van der Waals surface area contributed by atoms with Crippen molar-refractivity contribution in [2.45, 2.75) is 57.8 Å². The summed E-state index contributed by atoms with van der Waals surface area (Å²) in [6, 6.07) is 0. The summed E-state index contributed by atoms with van der Waals surface area (Å²) in [5.74, 6) is 1.61. The summed E-state index contributed by atoms with van der Waals surface area (Å²) in [6.07, 6.45) is 7.71. The molecule has 82 valence electrons. The molecule has 0 aliphatic heterocycles. The lowest BCUT2D eigenvalue weighted by atomic mass is 9.54. The number of hydrogen-bond donors (Lipinski definition) is 0. The highest BCUT2D eigenvalue weighted by molar-refractivity contribution is 5.12. The average Bonchev–Trinajstić information content (AvgIpc) is 2.67. The molecule has 3 aliphatic carbocycles. The van der Waals surface area contributed by atoms with Crippen molar-refractivity contribution >= 4 is 0 Å². The summed E-state index contributed by atoms with van der Waals surface area (Å²) in [7, 11) is 0. The van der Waals surface area contributed by atoms with Crippen molar-refractivity contribution in [3.63, 3.8) is 0 Å². The molecule has 1 aromatic rings. The number of aryl methyl sites for hydroxylation is 1. The molecule has 0 saturated heterocycles. The third-order valence-corrected chi connectivity index (χ3v) is 4.60. The molecule has 4 rings (SSSR count). The number of nitrogens with zero attached hydrogens (tertiary/aromatic N) is 2. The van der Waals surface area contributed by atoms with Crippen LogP contribution in [0.2, 0.25) is 0 Å². The fourth-order valence-electron chi connectivity index (χ4n) is 3.20. The SMILES string of the molecule is Cc1nnc(C23CCC(C)(CC2)CC3)o1. The molecule has 0 atom stereocenters. The molecular formula is C12H18N2O. The van der Waals surface area contributed by atoms with Crippen LogP contribution in [0.5, 0.6) is 0 Å². The lowest BCUT2D eigenvalue weighted by molar-refractivity contribution is 0.0394. The van der Waals surface area contributed by atoms with Crippen molar-refractivity contribution in [3.05, 3.63) is 11.8 Å². The van der Waals surface area contributed by atoms with E-state index in [4.69, 9.17) is 4.42 Å². The molecule has 15 heavy (non-hydrogen) atoms. The first kappa shape index (κ1) is 9.37. The van der Waals surface area contributed by atoms with Gasteiger partial charge in [0, 0.05) is 12.3 Å². The first-order valence-corrected chi connectivity index (χ1v) is 5.93. The van der Waals surface area contributed by atoms with Gasteiger partial charge in [-0.25, -0.2) is 0 Å². The van der Waals surface area contributed by atoms with E-state index in [2.05, 4.69) is 17.1 Å². The van der Waals surface area contributed by atoms with Crippen LogP contribution in [0.1, 0.15) is 57.2 Å². The Bertz CT molecular complexity index is 358. The Morgan fingerprint density at radius 1 is 1.00 bits per heavy atom. The molecule has 2 bridgehead atoms. The van der Waals surface area contributed by atoms with Crippen LogP contribution in [0.15, 0.2) is 4.42 Å². The van der Waals surface area contributed by atoms with Gasteiger partial charge in [0.2, 0.25) is 11.8 Å². The van der Waals surface area contributed by atoms with E-state index in [1.54, 1.807) is 0 Å². The normalized spacial score (nSPS) is 39.6. The Kier molecular flexibility index (Phi) is 1.77. The minimum absolute atomic E-state index is 0.235. The number of fused-ring (bicyclic) bond motifs is 3. The van der Waals surface area contributed by atoms with Crippen molar-refractivity contribution < 1.29 is 4.42 Å². The van der Waals surface area contributed by atoms with Crippen molar-refractivity contribution in [2.75, 3.05) is 0 Å². The molecule has 0 N–H and O–H groups in total. The lowest BCUT2D eigenvalue weighted by Crippen LogP contribution is -2.42. The molecule has 1 heterocycles. The van der Waals surface area contributed by atoms with Gasteiger partial charge >= 0.3 is 0 Å². The third kappa shape index (κ3) is 1.32. The Hall–Kier alpha value is -0.860. The van der Waals surface area contributed by atoms with Crippen LogP contribution in [0, 0.1) is 12.3 Å². The van der Waals surface area contributed by atoms with Crippen LogP contribution in [-0.2, 0) is 5.41 Å². The van der Waals surface area contributed by atoms with E-state index < -0.39 is 0 Å². The third-order valence-electron chi connectivity index (χ3n) is 4.60. The predicted octanol–water partition coefficient (Wildman–Crippen LogP) is 2.99. The summed E-state index contributed by atoms with van der Waals surface area (Å²) in [5, 5.41) is 8.22. The van der Waals surface area contributed by atoms with Crippen LogP contribution in [0.4, 0.5) is 0 Å². The van der Waals surface area contributed by atoms with E-state index in [0.29, 0.717) is 11.3 Å². The monoisotopic (exact) mass is 206 g/mol. The highest BCUT2D eigenvalue weighted by atomic mass is 16.4. The van der Waals surface area contributed by atoms with E-state index in [-0.39, 0.29) is 5.41 Å². The van der Waals surface area contributed by atoms with Crippen molar-refractivity contribution in [1.29, 1.82) is 0 Å². The lowest BCUT2D eigenvalue weighted by Gasteiger charge is -2.50. The molecule has 0 radical (unpaired) electrons. The van der Waals surface area contributed by atoms with E-state index in [1.165, 1.54) is 38.5 Å². The maximum atomic E-state index is 5.65. The molecule has 0 aromatic carbocycles. The second kappa shape index (κ2) is 2.83. The Balaban J connectivity index is 1.93. The van der Waals surface area contributed by atoms with Gasteiger partial charge < -0.3 is 4.42 Å². The zero-order valence-corrected chi connectivity index (χ0v) is 9.55. The van der Waals surface area contributed by atoms with Crippen LogP contribution < -0.4 is 0 Å². The largest absolute Gasteiger partial charge is 0.425 e. The van der Waals surface area contributed by atoms with Gasteiger partial charge in [-0.15, -0.1) is 10.2 Å². The van der Waals surface area contributed by atoms with E-state index in [9.17, 15) is 0 Å². The van der Waals surface area contributed by atoms with Gasteiger partial charge in [0.25, 0.3) is 0 Å². The number of aromatic nitrogens is 2. The second-order valence-electron chi connectivity index (χ2n) is 5.72. The Labute approximate surface area is 90.3 Å². The maximum Gasteiger partial charge on any atom is 0.222 e. The van der Waals surface area contributed by atoms with Crippen LogP contribution in [0.25, 0.3) is 0 Å². The fraction of sp³-hybridized carbons (Fsp3) is 0.833. The molecule has 1 aromatic heterocycles. The molecule has 0 unspecified atom stereocenters. The first-order chi connectivity index (χ1) is 7.12. The standard InChI is InChI=1S/C12H18N2O/c1-9-13-14-10(15-9)12-6-3-11(2,4-7-12)5-8-12/h3-8H2,1-2H3. The summed E-state index contributed by atoms with van der Waals surface area (Å²) in [6.45, 7) is 4.30. The second-order valence-corrected chi connectivity index (χ2v) is 5.72. The van der Waals surface area contributed by atoms with Gasteiger partial charge in [0.1, 0.15) is 0 Å². The minimum atomic E-state index is 0.235. The van der Waals surface area contributed by atoms with Crippen LogP contribution in [0.3, 0.4) is 0 Å². The molecule has 3 heteroatoms. The summed E-state index contributed by atoms with van der Waals surface area (Å²) in [4.78, 5) is 0. The van der Waals surface area contributed by atoms with Crippen molar-refractivity contribution in [3.8, 4) is 0 Å². The minimum Gasteiger partial charge on any atom is -0.425 e. The van der Waals surface area contributed by atoms with Gasteiger partial charge in [-0.3, -0.25) is 0 Å². The molecule has 0 spiro atoms. The molecule has 3 saturated carbocycles. The summed E-state index contributed by atoms with van der Waals surface area (Å²) < 4.78 is 5.65. The zero-order valence-electron chi connectivity index (χ0n) is 9.55. The molecule has 3 nitrogen and oxygen atoms in total. The van der Waals surface area contributed by atoms with Gasteiger partial charge in [0.15, 0.2) is 0 Å². The van der Waals surface area contributed by atoms with Gasteiger partial charge in [-0.05, 0) is 43.9 Å². The maximum absolute atomic E-state index is 5.65. The predicted molar refractivity (Wildman–Crippen MR) is 56.5 cm³/mol. The topological polar surface area (TPSA) is 38.9 Å². The summed E-state index contributed by atoms with van der Waals surface area (Å²) >= 11 is 0. The van der Waals surface area contributed by atoms with Crippen LogP contribution in [-0.4, -0.2) is 10.2 Å².